The minimum atomic E-state index is -0.770. The molecule has 4 heteroatoms. The van der Waals surface area contributed by atoms with Gasteiger partial charge in [-0.3, -0.25) is 4.79 Å². The van der Waals surface area contributed by atoms with E-state index in [-0.39, 0.29) is 17.8 Å². The standard InChI is InChI=1S/C17H16FNO2/c18-13-7-4-8-15(11-13)21-16(12-5-2-1-3-6-12)17(20)19-14-9-10-14/h1-8,11,14,16H,9-10H2,(H,19,20)/t16-/m0/s1. The molecule has 1 aliphatic carbocycles. The summed E-state index contributed by atoms with van der Waals surface area (Å²) in [4.78, 5) is 12.4. The average Bonchev–Trinajstić information content (AvgIpc) is 3.29. The number of hydrogen-bond donors (Lipinski definition) is 1. The van der Waals surface area contributed by atoms with Gasteiger partial charge in [0.15, 0.2) is 0 Å². The van der Waals surface area contributed by atoms with E-state index >= 15 is 0 Å². The first-order valence-corrected chi connectivity index (χ1v) is 7.00. The lowest BCUT2D eigenvalue weighted by molar-refractivity contribution is -0.128. The molecule has 0 heterocycles. The first kappa shape index (κ1) is 13.6. The fourth-order valence-electron chi connectivity index (χ4n) is 2.08. The largest absolute Gasteiger partial charge is 0.476 e. The van der Waals surface area contributed by atoms with Gasteiger partial charge in [0.1, 0.15) is 11.6 Å². The Morgan fingerprint density at radius 3 is 2.57 bits per heavy atom. The lowest BCUT2D eigenvalue weighted by atomic mass is 10.1. The molecule has 108 valence electrons. The maximum Gasteiger partial charge on any atom is 0.266 e. The van der Waals surface area contributed by atoms with Crippen LogP contribution in [0.25, 0.3) is 0 Å². The van der Waals surface area contributed by atoms with E-state index in [2.05, 4.69) is 5.32 Å². The first-order chi connectivity index (χ1) is 10.2. The van der Waals surface area contributed by atoms with E-state index < -0.39 is 6.10 Å². The Morgan fingerprint density at radius 1 is 1.14 bits per heavy atom. The van der Waals surface area contributed by atoms with Gasteiger partial charge in [-0.05, 0) is 25.0 Å². The second kappa shape index (κ2) is 5.95. The van der Waals surface area contributed by atoms with Crippen molar-refractivity contribution >= 4 is 5.91 Å². The van der Waals surface area contributed by atoms with Crippen molar-refractivity contribution in [1.29, 1.82) is 0 Å². The lowest BCUT2D eigenvalue weighted by Gasteiger charge is -2.19. The molecule has 0 aromatic heterocycles. The van der Waals surface area contributed by atoms with Gasteiger partial charge in [0.2, 0.25) is 6.10 Å². The van der Waals surface area contributed by atoms with Crippen molar-refractivity contribution in [2.75, 3.05) is 0 Å². The fraction of sp³-hybridized carbons (Fsp3) is 0.235. The molecular formula is C17H16FNO2. The molecule has 3 nitrogen and oxygen atoms in total. The molecule has 0 radical (unpaired) electrons. The smallest absolute Gasteiger partial charge is 0.266 e. The van der Waals surface area contributed by atoms with E-state index in [0.29, 0.717) is 5.75 Å². The van der Waals surface area contributed by atoms with Crippen LogP contribution in [0, 0.1) is 5.82 Å². The van der Waals surface area contributed by atoms with Crippen molar-refractivity contribution in [2.45, 2.75) is 25.0 Å². The lowest BCUT2D eigenvalue weighted by Crippen LogP contribution is -2.33. The van der Waals surface area contributed by atoms with Crippen molar-refractivity contribution in [3.63, 3.8) is 0 Å². The van der Waals surface area contributed by atoms with Crippen molar-refractivity contribution in [3.05, 3.63) is 66.0 Å². The molecule has 2 aromatic carbocycles. The summed E-state index contributed by atoms with van der Waals surface area (Å²) in [6.45, 7) is 0. The van der Waals surface area contributed by atoms with Crippen LogP contribution in [0.5, 0.6) is 5.75 Å². The second-order valence-electron chi connectivity index (χ2n) is 5.15. The van der Waals surface area contributed by atoms with Gasteiger partial charge in [-0.2, -0.15) is 0 Å². The number of amides is 1. The molecule has 1 fully saturated rings. The van der Waals surface area contributed by atoms with Gasteiger partial charge in [-0.25, -0.2) is 4.39 Å². The number of halogens is 1. The van der Waals surface area contributed by atoms with Gasteiger partial charge >= 0.3 is 0 Å². The highest BCUT2D eigenvalue weighted by molar-refractivity contribution is 5.83. The Bertz CT molecular complexity index is 626. The highest BCUT2D eigenvalue weighted by Crippen LogP contribution is 2.25. The quantitative estimate of drug-likeness (QED) is 0.916. The van der Waals surface area contributed by atoms with Crippen molar-refractivity contribution < 1.29 is 13.9 Å². The van der Waals surface area contributed by atoms with Crippen molar-refractivity contribution in [3.8, 4) is 5.75 Å². The molecule has 1 N–H and O–H groups in total. The minimum Gasteiger partial charge on any atom is -0.476 e. The van der Waals surface area contributed by atoms with Crippen LogP contribution >= 0.6 is 0 Å². The molecule has 0 spiro atoms. The summed E-state index contributed by atoms with van der Waals surface area (Å²) in [5.74, 6) is -0.232. The Morgan fingerprint density at radius 2 is 1.90 bits per heavy atom. The highest BCUT2D eigenvalue weighted by atomic mass is 19.1. The third kappa shape index (κ3) is 3.60. The molecule has 2 aromatic rings. The molecule has 0 aliphatic heterocycles. The summed E-state index contributed by atoms with van der Waals surface area (Å²) >= 11 is 0. The molecule has 1 atom stereocenters. The summed E-state index contributed by atoms with van der Waals surface area (Å²) in [5, 5.41) is 2.93. The predicted octanol–water partition coefficient (Wildman–Crippen LogP) is 3.22. The summed E-state index contributed by atoms with van der Waals surface area (Å²) in [5.41, 5.74) is 0.750. The van der Waals surface area contributed by atoms with Crippen LogP contribution in [0.3, 0.4) is 0 Å². The summed E-state index contributed by atoms with van der Waals surface area (Å²) < 4.78 is 19.0. The number of carbonyl (C=O) groups excluding carboxylic acids is 1. The number of carbonyl (C=O) groups is 1. The molecule has 0 unspecified atom stereocenters. The maximum atomic E-state index is 13.3. The molecule has 3 rings (SSSR count). The van der Waals surface area contributed by atoms with Gasteiger partial charge in [0, 0.05) is 17.7 Å². The zero-order valence-electron chi connectivity index (χ0n) is 11.5. The third-order valence-electron chi connectivity index (χ3n) is 3.31. The van der Waals surface area contributed by atoms with E-state index in [0.717, 1.165) is 18.4 Å². The van der Waals surface area contributed by atoms with Crippen LogP contribution in [0.2, 0.25) is 0 Å². The first-order valence-electron chi connectivity index (χ1n) is 7.00. The number of nitrogens with one attached hydrogen (secondary N) is 1. The molecule has 1 aliphatic rings. The zero-order valence-corrected chi connectivity index (χ0v) is 11.5. The molecule has 21 heavy (non-hydrogen) atoms. The summed E-state index contributed by atoms with van der Waals surface area (Å²) in [6.07, 6.45) is 1.24. The number of ether oxygens (including phenoxy) is 1. The van der Waals surface area contributed by atoms with Crippen LogP contribution in [-0.2, 0) is 4.79 Å². The molecule has 0 saturated heterocycles. The fourth-order valence-corrected chi connectivity index (χ4v) is 2.08. The topological polar surface area (TPSA) is 38.3 Å². The third-order valence-corrected chi connectivity index (χ3v) is 3.31. The van der Waals surface area contributed by atoms with Crippen molar-refractivity contribution in [1.82, 2.24) is 5.32 Å². The van der Waals surface area contributed by atoms with Gasteiger partial charge in [-0.1, -0.05) is 36.4 Å². The van der Waals surface area contributed by atoms with Crippen LogP contribution < -0.4 is 10.1 Å². The zero-order chi connectivity index (χ0) is 14.7. The van der Waals surface area contributed by atoms with E-state index in [9.17, 15) is 9.18 Å². The number of benzene rings is 2. The monoisotopic (exact) mass is 285 g/mol. The molecule has 1 amide bonds. The van der Waals surface area contributed by atoms with E-state index in [1.54, 1.807) is 12.1 Å². The van der Waals surface area contributed by atoms with E-state index in [1.807, 2.05) is 30.3 Å². The maximum absolute atomic E-state index is 13.3. The average molecular weight is 285 g/mol. The van der Waals surface area contributed by atoms with Gasteiger partial charge in [-0.15, -0.1) is 0 Å². The van der Waals surface area contributed by atoms with E-state index in [4.69, 9.17) is 4.74 Å². The normalized spacial score (nSPS) is 15.3. The van der Waals surface area contributed by atoms with Crippen molar-refractivity contribution in [2.24, 2.45) is 0 Å². The Labute approximate surface area is 122 Å². The van der Waals surface area contributed by atoms with Crippen LogP contribution in [-0.4, -0.2) is 11.9 Å². The Hall–Kier alpha value is -2.36. The Kier molecular flexibility index (Phi) is 3.86. The van der Waals surface area contributed by atoms with Crippen LogP contribution in [0.1, 0.15) is 24.5 Å². The summed E-state index contributed by atoms with van der Waals surface area (Å²) in [7, 11) is 0. The number of rotatable bonds is 5. The molecular weight excluding hydrogens is 269 g/mol. The highest BCUT2D eigenvalue weighted by Gasteiger charge is 2.29. The van der Waals surface area contributed by atoms with Gasteiger partial charge in [0.05, 0.1) is 0 Å². The predicted molar refractivity (Wildman–Crippen MR) is 77.4 cm³/mol. The molecule has 1 saturated carbocycles. The molecule has 0 bridgehead atoms. The SMILES string of the molecule is O=C(NC1CC1)[C@@H](Oc1cccc(F)c1)c1ccccc1. The van der Waals surface area contributed by atoms with Crippen LogP contribution in [0.15, 0.2) is 54.6 Å². The second-order valence-corrected chi connectivity index (χ2v) is 5.15. The summed E-state index contributed by atoms with van der Waals surface area (Å²) in [6, 6.07) is 15.3. The number of hydrogen-bond acceptors (Lipinski definition) is 2. The van der Waals surface area contributed by atoms with Gasteiger partial charge < -0.3 is 10.1 Å². The Balaban J connectivity index is 1.82. The van der Waals surface area contributed by atoms with E-state index in [1.165, 1.54) is 12.1 Å². The van der Waals surface area contributed by atoms with Gasteiger partial charge in [0.25, 0.3) is 5.91 Å². The minimum absolute atomic E-state index is 0.187. The van der Waals surface area contributed by atoms with Crippen LogP contribution in [0.4, 0.5) is 4.39 Å².